The van der Waals surface area contributed by atoms with Crippen LogP contribution in [0.3, 0.4) is 0 Å². The topological polar surface area (TPSA) is 17.1 Å². The van der Waals surface area contributed by atoms with Gasteiger partial charge in [0.2, 0.25) is 0 Å². The summed E-state index contributed by atoms with van der Waals surface area (Å²) in [7, 11) is 0. The molecule has 1 nitrogen and oxygen atoms in total. The zero-order valence-electron chi connectivity index (χ0n) is 13.6. The molecule has 0 aliphatic heterocycles. The van der Waals surface area contributed by atoms with Crippen LogP contribution < -0.4 is 0 Å². The maximum atomic E-state index is 12.8. The Kier molecular flexibility index (Phi) is 3.21. The molecule has 0 spiro atoms. The zero-order chi connectivity index (χ0) is 14.9. The highest BCUT2D eigenvalue weighted by Crippen LogP contribution is 2.69. The Morgan fingerprint density at radius 2 is 1.76 bits per heavy atom. The van der Waals surface area contributed by atoms with Crippen molar-refractivity contribution < 1.29 is 4.79 Å². The van der Waals surface area contributed by atoms with Crippen LogP contribution in [0.5, 0.6) is 0 Å². The van der Waals surface area contributed by atoms with Crippen molar-refractivity contribution >= 4 is 21.7 Å². The average molecular weight is 353 g/mol. The Bertz CT molecular complexity index is 474. The van der Waals surface area contributed by atoms with Gasteiger partial charge in [0.15, 0.2) is 0 Å². The minimum absolute atomic E-state index is 0.186. The van der Waals surface area contributed by atoms with Gasteiger partial charge in [0.1, 0.15) is 5.78 Å². The van der Waals surface area contributed by atoms with E-state index in [1.54, 1.807) is 0 Å². The van der Waals surface area contributed by atoms with Crippen LogP contribution in [-0.4, -0.2) is 10.1 Å². The summed E-state index contributed by atoms with van der Waals surface area (Å²) in [5.41, 5.74) is 0.745. The lowest BCUT2D eigenvalue weighted by Gasteiger charge is -2.62. The van der Waals surface area contributed by atoms with E-state index in [1.807, 2.05) is 0 Å². The van der Waals surface area contributed by atoms with Gasteiger partial charge in [-0.3, -0.25) is 4.79 Å². The molecule has 0 N–H and O–H groups in total. The lowest BCUT2D eigenvalue weighted by Crippen LogP contribution is -2.60. The second kappa shape index (κ2) is 4.58. The van der Waals surface area contributed by atoms with E-state index in [4.69, 9.17) is 0 Å². The van der Waals surface area contributed by atoms with Crippen LogP contribution in [0.25, 0.3) is 0 Å². The molecule has 0 saturated heterocycles. The predicted octanol–water partition coefficient (Wildman–Crippen LogP) is 5.51. The van der Waals surface area contributed by atoms with E-state index in [1.165, 1.54) is 51.4 Å². The molecule has 0 bridgehead atoms. The molecule has 4 aliphatic carbocycles. The fourth-order valence-corrected chi connectivity index (χ4v) is 8.11. The molecule has 0 aromatic heterocycles. The fraction of sp³-hybridized carbons (Fsp3) is 0.947. The van der Waals surface area contributed by atoms with Crippen LogP contribution in [0.1, 0.15) is 78.1 Å². The van der Waals surface area contributed by atoms with E-state index in [0.29, 0.717) is 17.1 Å². The summed E-state index contributed by atoms with van der Waals surface area (Å²) in [5, 5.41) is 0. The number of rotatable bonds is 0. The number of carbonyl (C=O) groups is 1. The molecular weight excluding hydrogens is 324 g/mol. The number of hydrogen-bond donors (Lipinski definition) is 0. The maximum Gasteiger partial charge on any atom is 0.150 e. The highest BCUT2D eigenvalue weighted by Gasteiger charge is 2.67. The molecule has 6 atom stereocenters. The van der Waals surface area contributed by atoms with E-state index in [2.05, 4.69) is 29.8 Å². The summed E-state index contributed by atoms with van der Waals surface area (Å²) in [4.78, 5) is 12.8. The molecular formula is C19H29BrO. The van der Waals surface area contributed by atoms with Crippen LogP contribution in [0.2, 0.25) is 0 Å². The standard InChI is InChI=1S/C19H29BrO/c1-17-11-8-14-15(19(17,20)16(21)9-12-17)7-6-13-5-3-4-10-18(13,14)2/h13-15H,3-12H2,1-2H3. The van der Waals surface area contributed by atoms with Crippen molar-refractivity contribution in [2.24, 2.45) is 28.6 Å². The SMILES string of the molecule is CC12CCCCC1CCC1C2CCC2(C)CCC(=O)C12Br. The van der Waals surface area contributed by atoms with Crippen LogP contribution in [0, 0.1) is 28.6 Å². The van der Waals surface area contributed by atoms with Crippen LogP contribution in [-0.2, 0) is 4.79 Å². The monoisotopic (exact) mass is 352 g/mol. The number of halogens is 1. The van der Waals surface area contributed by atoms with E-state index in [-0.39, 0.29) is 9.74 Å². The van der Waals surface area contributed by atoms with Crippen molar-refractivity contribution in [2.45, 2.75) is 82.4 Å². The Morgan fingerprint density at radius 3 is 2.57 bits per heavy atom. The quantitative estimate of drug-likeness (QED) is 0.525. The van der Waals surface area contributed by atoms with Crippen molar-refractivity contribution in [3.8, 4) is 0 Å². The maximum absolute atomic E-state index is 12.8. The number of Topliss-reactive ketones (excluding diaryl/α,β-unsaturated/α-hetero) is 1. The summed E-state index contributed by atoms with van der Waals surface area (Å²) in [5.74, 6) is 2.85. The van der Waals surface area contributed by atoms with Crippen LogP contribution in [0.15, 0.2) is 0 Å². The molecule has 0 amide bonds. The first-order valence-corrected chi connectivity index (χ1v) is 9.93. The molecule has 4 fully saturated rings. The van der Waals surface area contributed by atoms with Gasteiger partial charge in [-0.2, -0.15) is 0 Å². The summed E-state index contributed by atoms with van der Waals surface area (Å²) in [6, 6.07) is 0. The third kappa shape index (κ3) is 1.72. The highest BCUT2D eigenvalue weighted by molar-refractivity contribution is 9.10. The first-order valence-electron chi connectivity index (χ1n) is 9.14. The molecule has 0 heterocycles. The van der Waals surface area contributed by atoms with E-state index in [9.17, 15) is 4.79 Å². The lowest BCUT2D eigenvalue weighted by molar-refractivity contribution is -0.132. The summed E-state index contributed by atoms with van der Waals surface area (Å²) in [6.07, 6.45) is 12.9. The Hall–Kier alpha value is 0.150. The van der Waals surface area contributed by atoms with Gasteiger partial charge in [-0.05, 0) is 73.5 Å². The molecule has 4 aliphatic rings. The van der Waals surface area contributed by atoms with Crippen molar-refractivity contribution in [2.75, 3.05) is 0 Å². The Labute approximate surface area is 137 Å². The lowest BCUT2D eigenvalue weighted by atomic mass is 9.45. The Balaban J connectivity index is 1.74. The van der Waals surface area contributed by atoms with Gasteiger partial charge < -0.3 is 0 Å². The smallest absolute Gasteiger partial charge is 0.150 e. The van der Waals surface area contributed by atoms with Crippen molar-refractivity contribution in [3.63, 3.8) is 0 Å². The van der Waals surface area contributed by atoms with Crippen LogP contribution in [0.4, 0.5) is 0 Å². The average Bonchev–Trinajstić information content (AvgIpc) is 2.71. The molecule has 118 valence electrons. The predicted molar refractivity (Wildman–Crippen MR) is 89.5 cm³/mol. The molecule has 6 unspecified atom stereocenters. The van der Waals surface area contributed by atoms with Gasteiger partial charge in [-0.25, -0.2) is 0 Å². The van der Waals surface area contributed by atoms with Gasteiger partial charge in [0.25, 0.3) is 0 Å². The van der Waals surface area contributed by atoms with E-state index in [0.717, 1.165) is 24.7 Å². The first kappa shape index (κ1) is 14.7. The zero-order valence-corrected chi connectivity index (χ0v) is 15.2. The first-order chi connectivity index (χ1) is 9.92. The van der Waals surface area contributed by atoms with Gasteiger partial charge in [0.05, 0.1) is 4.32 Å². The van der Waals surface area contributed by atoms with Crippen molar-refractivity contribution in [1.82, 2.24) is 0 Å². The molecule has 2 heteroatoms. The van der Waals surface area contributed by atoms with Gasteiger partial charge >= 0.3 is 0 Å². The molecule has 0 aromatic carbocycles. The Morgan fingerprint density at radius 1 is 0.952 bits per heavy atom. The van der Waals surface area contributed by atoms with E-state index < -0.39 is 0 Å². The van der Waals surface area contributed by atoms with Gasteiger partial charge in [-0.1, -0.05) is 42.6 Å². The third-order valence-electron chi connectivity index (χ3n) is 8.32. The number of alkyl halides is 1. The fourth-order valence-electron chi connectivity index (χ4n) is 6.97. The summed E-state index contributed by atoms with van der Waals surface area (Å²) in [6.45, 7) is 4.96. The third-order valence-corrected chi connectivity index (χ3v) is 10.3. The number of hydrogen-bond acceptors (Lipinski definition) is 1. The minimum atomic E-state index is -0.186. The van der Waals surface area contributed by atoms with Crippen molar-refractivity contribution in [3.05, 3.63) is 0 Å². The van der Waals surface area contributed by atoms with Crippen LogP contribution >= 0.6 is 15.9 Å². The highest BCUT2D eigenvalue weighted by atomic mass is 79.9. The van der Waals surface area contributed by atoms with Crippen molar-refractivity contribution in [1.29, 1.82) is 0 Å². The summed E-state index contributed by atoms with van der Waals surface area (Å²) >= 11 is 4.08. The number of fused-ring (bicyclic) bond motifs is 5. The van der Waals surface area contributed by atoms with Gasteiger partial charge in [-0.15, -0.1) is 0 Å². The second-order valence-corrected chi connectivity index (χ2v) is 10.2. The number of ketones is 1. The van der Waals surface area contributed by atoms with E-state index >= 15 is 0 Å². The largest absolute Gasteiger partial charge is 0.298 e. The molecule has 0 radical (unpaired) electrons. The normalized spacial score (nSPS) is 56.5. The molecule has 21 heavy (non-hydrogen) atoms. The summed E-state index contributed by atoms with van der Waals surface area (Å²) < 4.78 is -0.186. The second-order valence-electron chi connectivity index (χ2n) is 8.97. The molecule has 0 aromatic rings. The number of carbonyl (C=O) groups excluding carboxylic acids is 1. The molecule has 4 saturated carbocycles. The minimum Gasteiger partial charge on any atom is -0.298 e. The molecule has 4 rings (SSSR count). The van der Waals surface area contributed by atoms with Gasteiger partial charge in [0, 0.05) is 6.42 Å².